The Balaban J connectivity index is 1.43. The summed E-state index contributed by atoms with van der Waals surface area (Å²) in [5.74, 6) is 1.04. The second-order valence-electron chi connectivity index (χ2n) is 9.69. The smallest absolute Gasteiger partial charge is 0.410 e. The highest BCUT2D eigenvalue weighted by Gasteiger charge is 2.33. The fraction of sp³-hybridized carbons (Fsp3) is 0.696. The highest BCUT2D eigenvalue weighted by molar-refractivity contribution is 7.19. The number of hydrogen-bond acceptors (Lipinski definition) is 7. The van der Waals surface area contributed by atoms with Gasteiger partial charge in [0.05, 0.1) is 5.39 Å². The number of rotatable bonds is 5. The number of carbonyl (C=O) groups is 1. The molecule has 0 aromatic carbocycles. The average molecular weight is 448 g/mol. The van der Waals surface area contributed by atoms with Crippen molar-refractivity contribution in [3.05, 3.63) is 16.8 Å². The van der Waals surface area contributed by atoms with Crippen LogP contribution in [0.1, 0.15) is 75.7 Å². The number of thiophene rings is 1. The van der Waals surface area contributed by atoms with E-state index in [2.05, 4.69) is 9.97 Å². The van der Waals surface area contributed by atoms with Gasteiger partial charge in [-0.15, -0.1) is 11.3 Å². The number of amides is 1. The summed E-state index contributed by atoms with van der Waals surface area (Å²) in [7, 11) is 1.82. The minimum absolute atomic E-state index is 0.0784. The van der Waals surface area contributed by atoms with Crippen molar-refractivity contribution in [2.45, 2.75) is 89.4 Å². The topological polar surface area (TPSA) is 84.8 Å². The third kappa shape index (κ3) is 4.80. The largest absolute Gasteiger partial charge is 0.474 e. The maximum absolute atomic E-state index is 12.4. The minimum atomic E-state index is -0.487. The maximum atomic E-state index is 12.4. The molecule has 0 bridgehead atoms. The molecule has 7 nitrogen and oxygen atoms in total. The molecule has 0 spiro atoms. The fourth-order valence-electron chi connectivity index (χ4n) is 4.77. The molecule has 0 saturated heterocycles. The van der Waals surface area contributed by atoms with Gasteiger partial charge in [-0.1, -0.05) is 0 Å². The number of hydrogen-bond donors (Lipinski definition) is 1. The van der Waals surface area contributed by atoms with Crippen LogP contribution in [0.5, 0.6) is 5.88 Å². The quantitative estimate of drug-likeness (QED) is 0.718. The third-order valence-electron chi connectivity index (χ3n) is 6.32. The summed E-state index contributed by atoms with van der Waals surface area (Å²) in [6.45, 7) is 5.86. The van der Waals surface area contributed by atoms with E-state index in [1.807, 2.05) is 27.8 Å². The molecule has 1 N–H and O–H groups in total. The molecule has 2 aliphatic carbocycles. The molecule has 1 amide bonds. The van der Waals surface area contributed by atoms with Gasteiger partial charge in [0, 0.05) is 24.6 Å². The van der Waals surface area contributed by atoms with E-state index in [9.17, 15) is 9.90 Å². The van der Waals surface area contributed by atoms with E-state index in [4.69, 9.17) is 9.47 Å². The summed E-state index contributed by atoms with van der Waals surface area (Å²) in [6.07, 6.45) is 7.80. The molecule has 2 aliphatic rings. The zero-order chi connectivity index (χ0) is 22.2. The number of fused-ring (bicyclic) bond motifs is 3. The monoisotopic (exact) mass is 447 g/mol. The predicted molar refractivity (Wildman–Crippen MR) is 121 cm³/mol. The first-order valence-corrected chi connectivity index (χ1v) is 12.1. The van der Waals surface area contributed by atoms with E-state index in [0.29, 0.717) is 11.8 Å². The first kappa shape index (κ1) is 22.3. The summed E-state index contributed by atoms with van der Waals surface area (Å²) in [5.41, 5.74) is 0.807. The number of aliphatic hydroxyl groups excluding tert-OH is 1. The van der Waals surface area contributed by atoms with Crippen LogP contribution in [0, 0.1) is 0 Å². The van der Waals surface area contributed by atoms with Gasteiger partial charge in [0.1, 0.15) is 22.9 Å². The summed E-state index contributed by atoms with van der Waals surface area (Å²) in [6, 6.07) is 0.166. The average Bonchev–Trinajstić information content (AvgIpc) is 3.27. The van der Waals surface area contributed by atoms with Crippen molar-refractivity contribution in [1.82, 2.24) is 14.9 Å². The van der Waals surface area contributed by atoms with Gasteiger partial charge in [-0.05, 0) is 77.2 Å². The summed E-state index contributed by atoms with van der Waals surface area (Å²) >= 11 is 1.73. The number of aliphatic hydroxyl groups is 1. The lowest BCUT2D eigenvalue weighted by Crippen LogP contribution is -2.43. The van der Waals surface area contributed by atoms with Crippen LogP contribution in [0.25, 0.3) is 10.2 Å². The van der Waals surface area contributed by atoms with Crippen molar-refractivity contribution in [3.8, 4) is 5.88 Å². The molecule has 2 aromatic rings. The maximum Gasteiger partial charge on any atom is 0.410 e. The van der Waals surface area contributed by atoms with E-state index in [0.717, 1.165) is 55.2 Å². The highest BCUT2D eigenvalue weighted by Crippen LogP contribution is 2.47. The molecule has 0 unspecified atom stereocenters. The zero-order valence-electron chi connectivity index (χ0n) is 18.9. The molecule has 0 aliphatic heterocycles. The van der Waals surface area contributed by atoms with Gasteiger partial charge in [0.2, 0.25) is 5.88 Å². The molecule has 1 saturated carbocycles. The lowest BCUT2D eigenvalue weighted by atomic mass is 9.92. The molecule has 4 rings (SSSR count). The van der Waals surface area contributed by atoms with Crippen LogP contribution >= 0.6 is 11.3 Å². The van der Waals surface area contributed by atoms with E-state index >= 15 is 0 Å². The SMILES string of the molecule is CN(C(=O)OC(C)(C)C)[C@H]1CC[C@H](Oc2ncnc3sc4c(c23)[C@@H](CCO)CC4)CC1. The number of nitrogens with zero attached hydrogens (tertiary/aromatic N) is 3. The van der Waals surface area contributed by atoms with E-state index in [1.54, 1.807) is 22.6 Å². The fourth-order valence-corrected chi connectivity index (χ4v) is 6.00. The lowest BCUT2D eigenvalue weighted by molar-refractivity contribution is 0.0138. The Hall–Kier alpha value is -1.93. The Labute approximate surface area is 187 Å². The second kappa shape index (κ2) is 8.90. The third-order valence-corrected chi connectivity index (χ3v) is 7.50. The lowest BCUT2D eigenvalue weighted by Gasteiger charge is -2.35. The molecule has 1 fully saturated rings. The van der Waals surface area contributed by atoms with Crippen LogP contribution in [-0.2, 0) is 11.2 Å². The van der Waals surface area contributed by atoms with Crippen molar-refractivity contribution in [2.75, 3.05) is 13.7 Å². The molecular weight excluding hydrogens is 414 g/mol. The van der Waals surface area contributed by atoms with Crippen LogP contribution in [0.2, 0.25) is 0 Å². The first-order chi connectivity index (χ1) is 14.8. The summed E-state index contributed by atoms with van der Waals surface area (Å²) in [4.78, 5) is 25.4. The van der Waals surface area contributed by atoms with Crippen LogP contribution in [0.15, 0.2) is 6.33 Å². The van der Waals surface area contributed by atoms with Crippen LogP contribution in [-0.4, -0.2) is 57.5 Å². The van der Waals surface area contributed by atoms with Crippen LogP contribution in [0.4, 0.5) is 4.79 Å². The van der Waals surface area contributed by atoms with Gasteiger partial charge in [0.25, 0.3) is 0 Å². The Morgan fingerprint density at radius 2 is 1.97 bits per heavy atom. The van der Waals surface area contributed by atoms with Gasteiger partial charge in [0.15, 0.2) is 0 Å². The normalized spacial score (nSPS) is 23.6. The minimum Gasteiger partial charge on any atom is -0.474 e. The highest BCUT2D eigenvalue weighted by atomic mass is 32.1. The van der Waals surface area contributed by atoms with Gasteiger partial charge in [-0.2, -0.15) is 0 Å². The number of carbonyl (C=O) groups excluding carboxylic acids is 1. The molecular formula is C23H33N3O4S. The Kier molecular flexibility index (Phi) is 6.40. The van der Waals surface area contributed by atoms with E-state index in [-0.39, 0.29) is 24.8 Å². The van der Waals surface area contributed by atoms with Gasteiger partial charge < -0.3 is 19.5 Å². The second-order valence-corrected chi connectivity index (χ2v) is 10.8. The van der Waals surface area contributed by atoms with Gasteiger partial charge in [-0.25, -0.2) is 14.8 Å². The predicted octanol–water partition coefficient (Wildman–Crippen LogP) is 4.66. The van der Waals surface area contributed by atoms with Crippen molar-refractivity contribution in [3.63, 3.8) is 0 Å². The molecule has 31 heavy (non-hydrogen) atoms. The molecule has 1 atom stereocenters. The Morgan fingerprint density at radius 3 is 2.65 bits per heavy atom. The molecule has 2 aromatic heterocycles. The zero-order valence-corrected chi connectivity index (χ0v) is 19.7. The summed E-state index contributed by atoms with van der Waals surface area (Å²) in [5, 5.41) is 10.5. The Bertz CT molecular complexity index is 931. The molecule has 2 heterocycles. The van der Waals surface area contributed by atoms with Crippen molar-refractivity contribution < 1.29 is 19.4 Å². The number of aryl methyl sites for hydroxylation is 1. The van der Waals surface area contributed by atoms with E-state index < -0.39 is 5.60 Å². The standard InChI is InChI=1S/C23H33N3O4S/c1-23(2,3)30-22(28)26(4)15-6-8-16(9-7-15)29-20-19-18-14(11-12-27)5-10-17(18)31-21(19)25-13-24-20/h13-16,27H,5-12H2,1-4H3/t14-,15-,16-/m1/s1. The van der Waals surface area contributed by atoms with Gasteiger partial charge in [-0.3, -0.25) is 0 Å². The van der Waals surface area contributed by atoms with Crippen molar-refractivity contribution in [1.29, 1.82) is 0 Å². The number of ether oxygens (including phenoxy) is 2. The van der Waals surface area contributed by atoms with Gasteiger partial charge >= 0.3 is 6.09 Å². The number of aromatic nitrogens is 2. The van der Waals surface area contributed by atoms with E-state index in [1.165, 1.54) is 10.4 Å². The van der Waals surface area contributed by atoms with Crippen LogP contribution in [0.3, 0.4) is 0 Å². The first-order valence-electron chi connectivity index (χ1n) is 11.3. The summed E-state index contributed by atoms with van der Waals surface area (Å²) < 4.78 is 11.9. The Morgan fingerprint density at radius 1 is 1.23 bits per heavy atom. The molecule has 170 valence electrons. The van der Waals surface area contributed by atoms with Crippen molar-refractivity contribution in [2.24, 2.45) is 0 Å². The molecule has 0 radical (unpaired) electrons. The van der Waals surface area contributed by atoms with Crippen LogP contribution < -0.4 is 4.74 Å². The molecule has 8 heteroatoms. The van der Waals surface area contributed by atoms with Crippen molar-refractivity contribution >= 4 is 27.6 Å².